The minimum absolute atomic E-state index is 0.128. The molecule has 1 saturated heterocycles. The Hall–Kier alpha value is -1.19. The largest absolute Gasteiger partial charge is 0.480 e. The predicted octanol–water partition coefficient (Wildman–Crippen LogP) is -0.592. The van der Waals surface area contributed by atoms with E-state index >= 15 is 0 Å². The third-order valence-corrected chi connectivity index (χ3v) is 4.72. The molecule has 9 heteroatoms. The van der Waals surface area contributed by atoms with Crippen molar-refractivity contribution in [3.8, 4) is 0 Å². The number of hydrogen-bond donors (Lipinski definition) is 2. The van der Waals surface area contributed by atoms with Gasteiger partial charge in [0.2, 0.25) is 15.9 Å². The molecule has 0 aromatic carbocycles. The van der Waals surface area contributed by atoms with E-state index in [-0.39, 0.29) is 5.75 Å². The SMILES string of the molecule is COCCCS(=O)(=O)NCC(=O)N1CCCCC1C(=O)O. The standard InChI is InChI=1S/C12H22N2O6S/c1-20-7-4-8-21(18,19)13-9-11(15)14-6-3-2-5-10(14)12(16)17/h10,13H,2-9H2,1H3,(H,16,17). The van der Waals surface area contributed by atoms with Gasteiger partial charge in [-0.05, 0) is 25.7 Å². The lowest BCUT2D eigenvalue weighted by molar-refractivity contribution is -0.151. The van der Waals surface area contributed by atoms with Gasteiger partial charge in [0.05, 0.1) is 12.3 Å². The van der Waals surface area contributed by atoms with Gasteiger partial charge in [-0.3, -0.25) is 4.79 Å². The van der Waals surface area contributed by atoms with E-state index in [1.165, 1.54) is 12.0 Å². The van der Waals surface area contributed by atoms with Gasteiger partial charge in [-0.25, -0.2) is 17.9 Å². The molecule has 0 aromatic heterocycles. The van der Waals surface area contributed by atoms with Crippen molar-refractivity contribution in [1.82, 2.24) is 9.62 Å². The maximum absolute atomic E-state index is 12.0. The van der Waals surface area contributed by atoms with Crippen LogP contribution in [0.2, 0.25) is 0 Å². The van der Waals surface area contributed by atoms with Crippen molar-refractivity contribution in [2.24, 2.45) is 0 Å². The Labute approximate surface area is 124 Å². The molecule has 1 rings (SSSR count). The number of rotatable bonds is 8. The number of amides is 1. The van der Waals surface area contributed by atoms with E-state index in [1.807, 2.05) is 0 Å². The second-order valence-electron chi connectivity index (χ2n) is 4.92. The molecule has 0 aromatic rings. The second-order valence-corrected chi connectivity index (χ2v) is 6.85. The van der Waals surface area contributed by atoms with Crippen LogP contribution in [0.5, 0.6) is 0 Å². The topological polar surface area (TPSA) is 113 Å². The van der Waals surface area contributed by atoms with Crippen molar-refractivity contribution >= 4 is 21.9 Å². The summed E-state index contributed by atoms with van der Waals surface area (Å²) in [5, 5.41) is 9.08. The average molecular weight is 322 g/mol. The highest BCUT2D eigenvalue weighted by Crippen LogP contribution is 2.17. The number of carbonyl (C=O) groups excluding carboxylic acids is 1. The molecule has 1 atom stereocenters. The number of piperidine rings is 1. The molecule has 1 fully saturated rings. The first-order valence-electron chi connectivity index (χ1n) is 6.86. The number of sulfonamides is 1. The molecule has 122 valence electrons. The summed E-state index contributed by atoms with van der Waals surface area (Å²) >= 11 is 0. The summed E-state index contributed by atoms with van der Waals surface area (Å²) in [6.07, 6.45) is 2.22. The zero-order valence-corrected chi connectivity index (χ0v) is 12.9. The van der Waals surface area contributed by atoms with Crippen molar-refractivity contribution in [2.75, 3.05) is 32.6 Å². The van der Waals surface area contributed by atoms with E-state index in [1.54, 1.807) is 0 Å². The lowest BCUT2D eigenvalue weighted by Gasteiger charge is -2.33. The van der Waals surface area contributed by atoms with Crippen molar-refractivity contribution in [2.45, 2.75) is 31.7 Å². The van der Waals surface area contributed by atoms with Gasteiger partial charge in [0, 0.05) is 20.3 Å². The van der Waals surface area contributed by atoms with Gasteiger partial charge in [-0.2, -0.15) is 0 Å². The average Bonchev–Trinajstić information content (AvgIpc) is 2.45. The van der Waals surface area contributed by atoms with E-state index in [4.69, 9.17) is 9.84 Å². The fourth-order valence-electron chi connectivity index (χ4n) is 2.23. The first kappa shape index (κ1) is 17.9. The summed E-state index contributed by atoms with van der Waals surface area (Å²) in [6, 6.07) is -0.857. The minimum Gasteiger partial charge on any atom is -0.480 e. The highest BCUT2D eigenvalue weighted by molar-refractivity contribution is 7.89. The third-order valence-electron chi connectivity index (χ3n) is 3.31. The molecule has 0 radical (unpaired) electrons. The normalized spacial score (nSPS) is 19.5. The summed E-state index contributed by atoms with van der Waals surface area (Å²) in [5.74, 6) is -1.68. The number of carbonyl (C=O) groups is 2. The molecular weight excluding hydrogens is 300 g/mol. The number of methoxy groups -OCH3 is 1. The molecule has 1 amide bonds. The Bertz CT molecular complexity index is 464. The fourth-order valence-corrected chi connectivity index (χ4v) is 3.21. The van der Waals surface area contributed by atoms with Crippen LogP contribution < -0.4 is 4.72 Å². The van der Waals surface area contributed by atoms with Crippen LogP contribution in [-0.4, -0.2) is 68.9 Å². The van der Waals surface area contributed by atoms with Crippen LogP contribution in [-0.2, 0) is 24.3 Å². The summed E-state index contributed by atoms with van der Waals surface area (Å²) < 4.78 is 30.3. The highest BCUT2D eigenvalue weighted by atomic mass is 32.2. The number of likely N-dealkylation sites (tertiary alicyclic amines) is 1. The van der Waals surface area contributed by atoms with Crippen molar-refractivity contribution in [3.63, 3.8) is 0 Å². The zero-order valence-electron chi connectivity index (χ0n) is 12.1. The summed E-state index contributed by atoms with van der Waals surface area (Å²) in [5.41, 5.74) is 0. The van der Waals surface area contributed by atoms with Gasteiger partial charge >= 0.3 is 5.97 Å². The van der Waals surface area contributed by atoms with Crippen LogP contribution in [0.3, 0.4) is 0 Å². The number of carboxylic acid groups (broad SMARTS) is 1. The van der Waals surface area contributed by atoms with Gasteiger partial charge in [-0.15, -0.1) is 0 Å². The lowest BCUT2D eigenvalue weighted by atomic mass is 10.0. The van der Waals surface area contributed by atoms with Crippen LogP contribution in [0.25, 0.3) is 0 Å². The molecule has 1 unspecified atom stereocenters. The maximum Gasteiger partial charge on any atom is 0.326 e. The van der Waals surface area contributed by atoms with Crippen molar-refractivity contribution < 1.29 is 27.9 Å². The molecule has 0 aliphatic carbocycles. The van der Waals surface area contributed by atoms with Crippen LogP contribution in [0.4, 0.5) is 0 Å². The summed E-state index contributed by atoms with van der Waals surface area (Å²) in [6.45, 7) is 0.266. The van der Waals surface area contributed by atoms with Gasteiger partial charge in [0.15, 0.2) is 0 Å². The monoisotopic (exact) mass is 322 g/mol. The number of ether oxygens (including phenoxy) is 1. The molecule has 0 bridgehead atoms. The number of hydrogen-bond acceptors (Lipinski definition) is 5. The van der Waals surface area contributed by atoms with Crippen LogP contribution in [0.1, 0.15) is 25.7 Å². The molecule has 0 spiro atoms. The van der Waals surface area contributed by atoms with Gasteiger partial charge < -0.3 is 14.7 Å². The van der Waals surface area contributed by atoms with E-state index in [9.17, 15) is 18.0 Å². The molecule has 0 saturated carbocycles. The Morgan fingerprint density at radius 3 is 2.71 bits per heavy atom. The Balaban J connectivity index is 2.50. The third kappa shape index (κ3) is 5.98. The lowest BCUT2D eigenvalue weighted by Crippen LogP contribution is -2.51. The van der Waals surface area contributed by atoms with Gasteiger partial charge in [0.25, 0.3) is 0 Å². The van der Waals surface area contributed by atoms with E-state index < -0.39 is 34.5 Å². The Kier molecular flexibility index (Phi) is 7.06. The first-order valence-corrected chi connectivity index (χ1v) is 8.51. The molecule has 1 aliphatic heterocycles. The predicted molar refractivity (Wildman–Crippen MR) is 75.3 cm³/mol. The first-order chi connectivity index (χ1) is 9.87. The fraction of sp³-hybridized carbons (Fsp3) is 0.833. The molecule has 1 heterocycles. The molecule has 2 N–H and O–H groups in total. The molecule has 8 nitrogen and oxygen atoms in total. The summed E-state index contributed by atoms with van der Waals surface area (Å²) in [7, 11) is -2.07. The number of carboxylic acids is 1. The number of nitrogens with one attached hydrogen (secondary N) is 1. The zero-order chi connectivity index (χ0) is 15.9. The number of aliphatic carboxylic acids is 1. The molecule has 21 heavy (non-hydrogen) atoms. The van der Waals surface area contributed by atoms with Crippen molar-refractivity contribution in [3.05, 3.63) is 0 Å². The molecule has 1 aliphatic rings. The Morgan fingerprint density at radius 2 is 2.10 bits per heavy atom. The van der Waals surface area contributed by atoms with Crippen molar-refractivity contribution in [1.29, 1.82) is 0 Å². The molecular formula is C12H22N2O6S. The van der Waals surface area contributed by atoms with Crippen LogP contribution >= 0.6 is 0 Å². The minimum atomic E-state index is -3.55. The van der Waals surface area contributed by atoms with Gasteiger partial charge in [-0.1, -0.05) is 0 Å². The smallest absolute Gasteiger partial charge is 0.326 e. The van der Waals surface area contributed by atoms with Crippen LogP contribution in [0, 0.1) is 0 Å². The van der Waals surface area contributed by atoms with Gasteiger partial charge in [0.1, 0.15) is 6.04 Å². The second kappa shape index (κ2) is 8.30. The van der Waals surface area contributed by atoms with E-state index in [2.05, 4.69) is 4.72 Å². The Morgan fingerprint density at radius 1 is 1.38 bits per heavy atom. The quantitative estimate of drug-likeness (QED) is 0.577. The van der Waals surface area contributed by atoms with E-state index in [0.29, 0.717) is 26.0 Å². The van der Waals surface area contributed by atoms with Crippen LogP contribution in [0.15, 0.2) is 0 Å². The number of nitrogens with zero attached hydrogens (tertiary/aromatic N) is 1. The highest BCUT2D eigenvalue weighted by Gasteiger charge is 2.32. The van der Waals surface area contributed by atoms with E-state index in [0.717, 1.165) is 12.8 Å². The maximum atomic E-state index is 12.0. The summed E-state index contributed by atoms with van der Waals surface area (Å²) in [4.78, 5) is 24.3.